The van der Waals surface area contributed by atoms with Gasteiger partial charge in [-0.3, -0.25) is 24.3 Å². The average Bonchev–Trinajstić information content (AvgIpc) is 2.92. The second kappa shape index (κ2) is 8.33. The van der Waals surface area contributed by atoms with Gasteiger partial charge in [0, 0.05) is 6.42 Å². The Morgan fingerprint density at radius 2 is 1.91 bits per heavy atom. The minimum absolute atomic E-state index is 0.00287. The van der Waals surface area contributed by atoms with Gasteiger partial charge in [0.15, 0.2) is 0 Å². The molecule has 0 bridgehead atoms. The number of imide groups is 1. The molecule has 8 nitrogen and oxygen atoms in total. The van der Waals surface area contributed by atoms with E-state index >= 15 is 0 Å². The van der Waals surface area contributed by atoms with Gasteiger partial charge in [0.1, 0.15) is 23.8 Å². The van der Waals surface area contributed by atoms with Gasteiger partial charge < -0.3 is 4.74 Å². The molecule has 32 heavy (non-hydrogen) atoms. The van der Waals surface area contributed by atoms with Crippen molar-refractivity contribution in [3.05, 3.63) is 76.1 Å². The first-order valence-corrected chi connectivity index (χ1v) is 10.1. The Morgan fingerprint density at radius 1 is 1.16 bits per heavy atom. The number of hydrogen-bond donors (Lipinski definition) is 1. The molecule has 1 aliphatic rings. The molecule has 1 unspecified atom stereocenters. The summed E-state index contributed by atoms with van der Waals surface area (Å²) in [7, 11) is 0. The van der Waals surface area contributed by atoms with E-state index in [9.17, 15) is 23.6 Å². The third-order valence-electron chi connectivity index (χ3n) is 5.52. The molecule has 3 aromatic rings. The number of rotatable bonds is 4. The highest BCUT2D eigenvalue weighted by molar-refractivity contribution is 6.11. The van der Waals surface area contributed by atoms with Crippen molar-refractivity contribution in [1.29, 1.82) is 0 Å². The quantitative estimate of drug-likeness (QED) is 0.381. The molecular weight excluding hydrogens is 417 g/mol. The number of hydrogen-bond acceptors (Lipinski definition) is 6. The second-order valence-corrected chi connectivity index (χ2v) is 7.59. The zero-order valence-corrected chi connectivity index (χ0v) is 17.3. The Balaban J connectivity index is 1.89. The molecule has 1 atom stereocenters. The topological polar surface area (TPSA) is 107 Å². The van der Waals surface area contributed by atoms with Gasteiger partial charge in [-0.05, 0) is 37.5 Å². The maximum absolute atomic E-state index is 14.2. The van der Waals surface area contributed by atoms with E-state index in [4.69, 9.17) is 4.74 Å². The van der Waals surface area contributed by atoms with Gasteiger partial charge in [0.05, 0.1) is 5.39 Å². The van der Waals surface area contributed by atoms with Crippen LogP contribution in [0.2, 0.25) is 0 Å². The molecule has 9 heteroatoms. The predicted octanol–water partition coefficient (Wildman–Crippen LogP) is 2.11. The maximum atomic E-state index is 14.2. The van der Waals surface area contributed by atoms with Crippen LogP contribution < -0.4 is 10.9 Å². The number of benzene rings is 2. The van der Waals surface area contributed by atoms with Gasteiger partial charge in [0.25, 0.3) is 11.5 Å². The Kier molecular flexibility index (Phi) is 5.56. The van der Waals surface area contributed by atoms with Crippen molar-refractivity contribution in [1.82, 2.24) is 14.9 Å². The van der Waals surface area contributed by atoms with Crippen LogP contribution in [-0.4, -0.2) is 27.3 Å². The molecule has 164 valence electrons. The van der Waals surface area contributed by atoms with E-state index < -0.39 is 34.7 Å². The fourth-order valence-electron chi connectivity index (χ4n) is 3.98. The second-order valence-electron chi connectivity index (χ2n) is 7.59. The molecular formula is C23H20FN3O5. The fraction of sp³-hybridized carbons (Fsp3) is 0.261. The summed E-state index contributed by atoms with van der Waals surface area (Å²) in [6.45, 7) is 1.27. The zero-order valence-electron chi connectivity index (χ0n) is 17.3. The summed E-state index contributed by atoms with van der Waals surface area (Å²) < 4.78 is 20.6. The van der Waals surface area contributed by atoms with E-state index in [0.717, 1.165) is 4.57 Å². The van der Waals surface area contributed by atoms with Gasteiger partial charge in [-0.1, -0.05) is 36.4 Å². The van der Waals surface area contributed by atoms with E-state index in [2.05, 4.69) is 10.3 Å². The number of nitrogens with one attached hydrogen (secondary N) is 1. The van der Waals surface area contributed by atoms with Crippen molar-refractivity contribution in [3.63, 3.8) is 0 Å². The van der Waals surface area contributed by atoms with Gasteiger partial charge in [-0.2, -0.15) is 0 Å². The molecule has 1 aromatic heterocycles. The van der Waals surface area contributed by atoms with Crippen LogP contribution in [0.5, 0.6) is 0 Å². The van der Waals surface area contributed by atoms with Crippen LogP contribution in [-0.2, 0) is 31.3 Å². The third-order valence-corrected chi connectivity index (χ3v) is 5.52. The molecule has 4 rings (SSSR count). The van der Waals surface area contributed by atoms with E-state index in [0.29, 0.717) is 5.56 Å². The molecule has 1 saturated heterocycles. The van der Waals surface area contributed by atoms with Gasteiger partial charge in [-0.15, -0.1) is 0 Å². The third kappa shape index (κ3) is 3.55. The first kappa shape index (κ1) is 21.4. The summed E-state index contributed by atoms with van der Waals surface area (Å²) in [5.74, 6) is -3.26. The first-order chi connectivity index (χ1) is 15.3. The first-order valence-electron chi connectivity index (χ1n) is 10.1. The summed E-state index contributed by atoms with van der Waals surface area (Å²) in [5, 5.41) is 2.10. The van der Waals surface area contributed by atoms with E-state index in [1.165, 1.54) is 25.1 Å². The summed E-state index contributed by atoms with van der Waals surface area (Å²) in [6.07, 6.45) is 0.00934. The van der Waals surface area contributed by atoms with E-state index in [-0.39, 0.29) is 42.6 Å². The number of ether oxygens (including phenoxy) is 1. The highest BCUT2D eigenvalue weighted by Gasteiger charge is 2.52. The number of aryl methyl sites for hydroxylation is 1. The number of carbonyl (C=O) groups is 3. The minimum atomic E-state index is -2.16. The average molecular weight is 437 g/mol. The Labute approximate surface area is 182 Å². The number of amides is 2. The van der Waals surface area contributed by atoms with Crippen LogP contribution in [0.4, 0.5) is 4.39 Å². The smallest absolute Gasteiger partial charge is 0.342 e. The van der Waals surface area contributed by atoms with Crippen LogP contribution in [0.1, 0.15) is 30.7 Å². The molecule has 1 aliphatic heterocycles. The summed E-state index contributed by atoms with van der Waals surface area (Å²) in [5.41, 5.74) is -2.41. The fourth-order valence-corrected chi connectivity index (χ4v) is 3.98. The molecule has 2 aromatic carbocycles. The standard InChI is InChI=1S/C23H20FN3O5/c1-14-25-19-16(9-5-10-17(19)24)20(29)27(14)23(12-6-11-18(28)26-21(23)30)22(31)32-13-15-7-3-2-4-8-15/h2-5,7-10H,6,11-13H2,1H3,(H,26,28,30). The Hall–Kier alpha value is -3.88. The lowest BCUT2D eigenvalue weighted by molar-refractivity contribution is -0.161. The summed E-state index contributed by atoms with van der Waals surface area (Å²) >= 11 is 0. The molecule has 2 amide bonds. The van der Waals surface area contributed by atoms with Gasteiger partial charge in [0.2, 0.25) is 11.4 Å². The van der Waals surface area contributed by atoms with E-state index in [1.807, 2.05) is 0 Å². The molecule has 0 saturated carbocycles. The highest BCUT2D eigenvalue weighted by atomic mass is 19.1. The number of aromatic nitrogens is 2. The van der Waals surface area contributed by atoms with Crippen LogP contribution >= 0.6 is 0 Å². The van der Waals surface area contributed by atoms with Crippen molar-refractivity contribution in [3.8, 4) is 0 Å². The lowest BCUT2D eigenvalue weighted by Gasteiger charge is -2.31. The predicted molar refractivity (Wildman–Crippen MR) is 112 cm³/mol. The molecule has 2 heterocycles. The lowest BCUT2D eigenvalue weighted by Crippen LogP contribution is -2.58. The lowest BCUT2D eigenvalue weighted by atomic mass is 9.91. The molecule has 1 fully saturated rings. The molecule has 0 spiro atoms. The number of halogens is 1. The molecule has 0 radical (unpaired) electrons. The number of carbonyl (C=O) groups excluding carboxylic acids is 3. The minimum Gasteiger partial charge on any atom is -0.459 e. The maximum Gasteiger partial charge on any atom is 0.342 e. The van der Waals surface area contributed by atoms with Gasteiger partial charge >= 0.3 is 5.97 Å². The zero-order chi connectivity index (χ0) is 22.9. The summed E-state index contributed by atoms with van der Waals surface area (Å²) in [4.78, 5) is 56.2. The Bertz CT molecular complexity index is 1290. The largest absolute Gasteiger partial charge is 0.459 e. The van der Waals surface area contributed by atoms with Gasteiger partial charge in [-0.25, -0.2) is 14.2 Å². The number of fused-ring (bicyclic) bond motifs is 1. The Morgan fingerprint density at radius 3 is 2.66 bits per heavy atom. The molecule has 0 aliphatic carbocycles. The van der Waals surface area contributed by atoms with Crippen LogP contribution in [0.25, 0.3) is 10.9 Å². The van der Waals surface area contributed by atoms with Crippen LogP contribution in [0.3, 0.4) is 0 Å². The van der Waals surface area contributed by atoms with Crippen molar-refractivity contribution in [2.45, 2.75) is 38.3 Å². The van der Waals surface area contributed by atoms with Crippen molar-refractivity contribution >= 4 is 28.7 Å². The highest BCUT2D eigenvalue weighted by Crippen LogP contribution is 2.30. The van der Waals surface area contributed by atoms with E-state index in [1.54, 1.807) is 30.3 Å². The van der Waals surface area contributed by atoms with Crippen LogP contribution in [0.15, 0.2) is 53.3 Å². The SMILES string of the molecule is Cc1nc2c(F)cccc2c(=O)n1C1(C(=O)OCc2ccccc2)CCCC(=O)NC1=O. The van der Waals surface area contributed by atoms with Crippen LogP contribution in [0, 0.1) is 12.7 Å². The number of para-hydroxylation sites is 1. The van der Waals surface area contributed by atoms with Crippen molar-refractivity contribution in [2.75, 3.05) is 0 Å². The number of esters is 1. The monoisotopic (exact) mass is 437 g/mol. The summed E-state index contributed by atoms with van der Waals surface area (Å²) in [6, 6.07) is 12.7. The normalized spacial score (nSPS) is 18.8. The van der Waals surface area contributed by atoms with Crippen molar-refractivity contribution < 1.29 is 23.5 Å². The number of nitrogens with zero attached hydrogens (tertiary/aromatic N) is 2. The van der Waals surface area contributed by atoms with Crippen molar-refractivity contribution in [2.24, 2.45) is 0 Å². The molecule has 1 N–H and O–H groups in total.